The van der Waals surface area contributed by atoms with Crippen LogP contribution in [0.3, 0.4) is 0 Å². The highest BCUT2D eigenvalue weighted by Gasteiger charge is 2.40. The van der Waals surface area contributed by atoms with E-state index in [-0.39, 0.29) is 10.8 Å². The van der Waals surface area contributed by atoms with Crippen LogP contribution in [0.15, 0.2) is 6.07 Å². The van der Waals surface area contributed by atoms with E-state index in [0.29, 0.717) is 23.1 Å². The predicted octanol–water partition coefficient (Wildman–Crippen LogP) is 4.23. The summed E-state index contributed by atoms with van der Waals surface area (Å²) in [6, 6.07) is 0.963. The lowest BCUT2D eigenvalue weighted by molar-refractivity contribution is 0.481. The van der Waals surface area contributed by atoms with Crippen LogP contribution in [0.2, 0.25) is 0 Å². The van der Waals surface area contributed by atoms with Crippen LogP contribution in [0.5, 0.6) is 0 Å². The third-order valence-electron chi connectivity index (χ3n) is 3.20. The molecule has 0 amide bonds. The molecule has 3 heteroatoms. The lowest BCUT2D eigenvalue weighted by Crippen LogP contribution is -2.14. The van der Waals surface area contributed by atoms with Crippen LogP contribution in [0.1, 0.15) is 42.3 Å². The van der Waals surface area contributed by atoms with E-state index in [1.165, 1.54) is 0 Å². The van der Waals surface area contributed by atoms with Crippen molar-refractivity contribution in [3.8, 4) is 0 Å². The maximum Gasteiger partial charge on any atom is 0.130 e. The monoisotopic (exact) mass is 230 g/mol. The first-order valence-electron chi connectivity index (χ1n) is 4.97. The van der Waals surface area contributed by atoms with Gasteiger partial charge < -0.3 is 0 Å². The van der Waals surface area contributed by atoms with Gasteiger partial charge in [-0.2, -0.15) is 0 Å². The molecule has 82 valence electrons. The first-order valence-corrected chi connectivity index (χ1v) is 5.41. The molecule has 15 heavy (non-hydrogen) atoms. The molecule has 0 aromatic heterocycles. The molecule has 1 aliphatic rings. The van der Waals surface area contributed by atoms with Crippen molar-refractivity contribution in [3.05, 3.63) is 34.4 Å². The normalized spacial score (nSPS) is 22.9. The molecule has 1 aromatic rings. The fourth-order valence-corrected chi connectivity index (χ4v) is 3.13. The van der Waals surface area contributed by atoms with Crippen molar-refractivity contribution in [1.29, 1.82) is 0 Å². The Morgan fingerprint density at radius 2 is 1.93 bits per heavy atom. The van der Waals surface area contributed by atoms with Crippen molar-refractivity contribution in [3.63, 3.8) is 0 Å². The van der Waals surface area contributed by atoms with Gasteiger partial charge in [-0.05, 0) is 35.4 Å². The standard InChI is InChI=1S/C12H13ClF2/c1-6-8(14)4-9(15)11-10(6)7(13)5-12(11,2)3/h4,7H,5H2,1-3H3. The van der Waals surface area contributed by atoms with Gasteiger partial charge in [-0.25, -0.2) is 8.78 Å². The van der Waals surface area contributed by atoms with Gasteiger partial charge in [0.2, 0.25) is 0 Å². The molecule has 0 bridgehead atoms. The molecule has 0 nitrogen and oxygen atoms in total. The lowest BCUT2D eigenvalue weighted by Gasteiger charge is -2.19. The maximum atomic E-state index is 13.7. The quantitative estimate of drug-likeness (QED) is 0.585. The molecule has 0 heterocycles. The molecule has 0 radical (unpaired) electrons. The Bertz CT molecular complexity index is 424. The minimum Gasteiger partial charge on any atom is -0.207 e. The molecule has 0 fully saturated rings. The molecule has 0 spiro atoms. The number of hydrogen-bond donors (Lipinski definition) is 0. The van der Waals surface area contributed by atoms with Crippen LogP contribution in [0.4, 0.5) is 8.78 Å². The molecular formula is C12H13ClF2. The average Bonchev–Trinajstić information content (AvgIpc) is 2.32. The van der Waals surface area contributed by atoms with Crippen LogP contribution in [-0.2, 0) is 5.41 Å². The van der Waals surface area contributed by atoms with Crippen molar-refractivity contribution in [2.75, 3.05) is 0 Å². The smallest absolute Gasteiger partial charge is 0.130 e. The average molecular weight is 231 g/mol. The van der Waals surface area contributed by atoms with E-state index in [1.807, 2.05) is 13.8 Å². The van der Waals surface area contributed by atoms with E-state index in [2.05, 4.69) is 0 Å². The molecule has 1 aromatic carbocycles. The lowest BCUT2D eigenvalue weighted by atomic mass is 9.85. The van der Waals surface area contributed by atoms with Crippen molar-refractivity contribution >= 4 is 11.6 Å². The van der Waals surface area contributed by atoms with Gasteiger partial charge in [-0.15, -0.1) is 11.6 Å². The first kappa shape index (κ1) is 10.9. The molecule has 0 saturated carbocycles. The maximum absolute atomic E-state index is 13.7. The molecule has 0 saturated heterocycles. The Morgan fingerprint density at radius 1 is 1.33 bits per heavy atom. The summed E-state index contributed by atoms with van der Waals surface area (Å²) >= 11 is 6.14. The second-order valence-electron chi connectivity index (χ2n) is 4.81. The third kappa shape index (κ3) is 1.46. The number of benzene rings is 1. The number of fused-ring (bicyclic) bond motifs is 1. The number of hydrogen-bond acceptors (Lipinski definition) is 0. The van der Waals surface area contributed by atoms with Crippen LogP contribution in [0.25, 0.3) is 0 Å². The van der Waals surface area contributed by atoms with E-state index < -0.39 is 11.6 Å². The summed E-state index contributed by atoms with van der Waals surface area (Å²) in [6.07, 6.45) is 0.658. The van der Waals surface area contributed by atoms with E-state index in [9.17, 15) is 8.78 Å². The van der Waals surface area contributed by atoms with Gasteiger partial charge >= 0.3 is 0 Å². The van der Waals surface area contributed by atoms with Crippen LogP contribution >= 0.6 is 11.6 Å². The zero-order valence-electron chi connectivity index (χ0n) is 9.00. The Kier molecular flexibility index (Phi) is 2.30. The molecular weight excluding hydrogens is 218 g/mol. The van der Waals surface area contributed by atoms with Gasteiger partial charge in [0, 0.05) is 6.07 Å². The molecule has 0 aliphatic heterocycles. The topological polar surface area (TPSA) is 0 Å². The van der Waals surface area contributed by atoms with Crippen molar-refractivity contribution in [2.24, 2.45) is 0 Å². The Hall–Kier alpha value is -0.630. The SMILES string of the molecule is Cc1c(F)cc(F)c2c1C(Cl)CC2(C)C. The molecule has 0 N–H and O–H groups in total. The highest BCUT2D eigenvalue weighted by Crippen LogP contribution is 2.50. The zero-order chi connectivity index (χ0) is 11.4. The van der Waals surface area contributed by atoms with Crippen molar-refractivity contribution in [1.82, 2.24) is 0 Å². The zero-order valence-corrected chi connectivity index (χ0v) is 9.75. The molecule has 1 aliphatic carbocycles. The summed E-state index contributed by atoms with van der Waals surface area (Å²) in [5, 5.41) is -0.278. The van der Waals surface area contributed by atoms with Crippen LogP contribution in [-0.4, -0.2) is 0 Å². The van der Waals surface area contributed by atoms with E-state index in [0.717, 1.165) is 6.07 Å². The Morgan fingerprint density at radius 3 is 2.53 bits per heavy atom. The fourth-order valence-electron chi connectivity index (χ4n) is 2.47. The van der Waals surface area contributed by atoms with E-state index in [1.54, 1.807) is 6.92 Å². The molecule has 1 unspecified atom stereocenters. The van der Waals surface area contributed by atoms with E-state index >= 15 is 0 Å². The van der Waals surface area contributed by atoms with Gasteiger partial charge in [0.25, 0.3) is 0 Å². The first-order chi connectivity index (χ1) is 6.84. The minimum atomic E-state index is -0.505. The van der Waals surface area contributed by atoms with Crippen LogP contribution < -0.4 is 0 Å². The van der Waals surface area contributed by atoms with Gasteiger partial charge in [-0.3, -0.25) is 0 Å². The summed E-state index contributed by atoms with van der Waals surface area (Å²) in [7, 11) is 0. The van der Waals surface area contributed by atoms with Gasteiger partial charge in [0.1, 0.15) is 11.6 Å². The van der Waals surface area contributed by atoms with Gasteiger partial charge in [-0.1, -0.05) is 13.8 Å². The van der Waals surface area contributed by atoms with Crippen molar-refractivity contribution in [2.45, 2.75) is 38.0 Å². The predicted molar refractivity (Wildman–Crippen MR) is 57.3 cm³/mol. The minimum absolute atomic E-state index is 0.278. The summed E-state index contributed by atoms with van der Waals surface area (Å²) in [5.41, 5.74) is 1.42. The second kappa shape index (κ2) is 3.18. The Labute approximate surface area is 93.2 Å². The van der Waals surface area contributed by atoms with Crippen LogP contribution in [0, 0.1) is 18.6 Å². The molecule has 1 atom stereocenters. The molecule has 2 rings (SSSR count). The van der Waals surface area contributed by atoms with Gasteiger partial charge in [0.15, 0.2) is 0 Å². The second-order valence-corrected chi connectivity index (χ2v) is 5.34. The summed E-state index contributed by atoms with van der Waals surface area (Å²) < 4.78 is 27.1. The third-order valence-corrected chi connectivity index (χ3v) is 3.58. The van der Waals surface area contributed by atoms with Crippen molar-refractivity contribution < 1.29 is 8.78 Å². The summed E-state index contributed by atoms with van der Waals surface area (Å²) in [6.45, 7) is 5.54. The van der Waals surface area contributed by atoms with E-state index in [4.69, 9.17) is 11.6 Å². The van der Waals surface area contributed by atoms with Gasteiger partial charge in [0.05, 0.1) is 5.38 Å². The fraction of sp³-hybridized carbons (Fsp3) is 0.500. The number of halogens is 3. The summed E-state index contributed by atoms with van der Waals surface area (Å²) in [5.74, 6) is -0.976. The Balaban J connectivity index is 2.78. The largest absolute Gasteiger partial charge is 0.207 e. The highest BCUT2D eigenvalue weighted by molar-refractivity contribution is 6.21. The summed E-state index contributed by atoms with van der Waals surface area (Å²) in [4.78, 5) is 0. The number of rotatable bonds is 0. The number of alkyl halides is 1. The highest BCUT2D eigenvalue weighted by atomic mass is 35.5.